The van der Waals surface area contributed by atoms with Gasteiger partial charge in [-0.1, -0.05) is 0 Å². The molecule has 15 heavy (non-hydrogen) atoms. The Bertz CT molecular complexity index is 309. The van der Waals surface area contributed by atoms with E-state index < -0.39 is 0 Å². The molecule has 0 bridgehead atoms. The van der Waals surface area contributed by atoms with Crippen molar-refractivity contribution in [3.8, 4) is 0 Å². The van der Waals surface area contributed by atoms with Crippen molar-refractivity contribution in [2.75, 3.05) is 13.7 Å². The van der Waals surface area contributed by atoms with Gasteiger partial charge in [0.25, 0.3) is 0 Å². The average Bonchev–Trinajstić information content (AvgIpc) is 2.65. The molecule has 0 saturated carbocycles. The summed E-state index contributed by atoms with van der Waals surface area (Å²) >= 11 is 0. The molecule has 0 aliphatic heterocycles. The largest absolute Gasteiger partial charge is 0.385 e. The van der Waals surface area contributed by atoms with Gasteiger partial charge in [0, 0.05) is 26.7 Å². The summed E-state index contributed by atoms with van der Waals surface area (Å²) in [6.45, 7) is 3.36. The third-order valence-electron chi connectivity index (χ3n) is 2.15. The van der Waals surface area contributed by atoms with Gasteiger partial charge in [0.2, 0.25) is 0 Å². The molecule has 0 spiro atoms. The van der Waals surface area contributed by atoms with E-state index in [0.717, 1.165) is 18.8 Å². The van der Waals surface area contributed by atoms with Gasteiger partial charge < -0.3 is 4.74 Å². The van der Waals surface area contributed by atoms with E-state index in [0.29, 0.717) is 19.4 Å². The van der Waals surface area contributed by atoms with Crippen LogP contribution in [0, 0.1) is 0 Å². The van der Waals surface area contributed by atoms with Crippen molar-refractivity contribution in [2.24, 2.45) is 0 Å². The van der Waals surface area contributed by atoms with Gasteiger partial charge in [0.15, 0.2) is 0 Å². The number of rotatable bonds is 7. The molecule has 5 heteroatoms. The normalized spacial score (nSPS) is 10.5. The zero-order valence-electron chi connectivity index (χ0n) is 9.27. The van der Waals surface area contributed by atoms with Crippen molar-refractivity contribution in [3.05, 3.63) is 12.2 Å². The Balaban J connectivity index is 2.37. The van der Waals surface area contributed by atoms with E-state index in [9.17, 15) is 4.79 Å². The quantitative estimate of drug-likeness (QED) is 0.627. The van der Waals surface area contributed by atoms with Crippen LogP contribution in [0.15, 0.2) is 6.33 Å². The van der Waals surface area contributed by atoms with Gasteiger partial charge in [0.1, 0.15) is 17.9 Å². The first-order valence-corrected chi connectivity index (χ1v) is 5.15. The fourth-order valence-electron chi connectivity index (χ4n) is 1.37. The van der Waals surface area contributed by atoms with Crippen molar-refractivity contribution in [2.45, 2.75) is 32.7 Å². The van der Waals surface area contributed by atoms with Crippen LogP contribution >= 0.6 is 0 Å². The molecular weight excluding hydrogens is 194 g/mol. The van der Waals surface area contributed by atoms with Crippen LogP contribution in [-0.4, -0.2) is 34.3 Å². The highest BCUT2D eigenvalue weighted by molar-refractivity contribution is 5.80. The van der Waals surface area contributed by atoms with Gasteiger partial charge in [-0.2, -0.15) is 5.10 Å². The predicted octanol–water partition coefficient (Wildman–Crippen LogP) is 0.836. The maximum Gasteiger partial charge on any atom is 0.140 e. The van der Waals surface area contributed by atoms with Crippen LogP contribution in [0.25, 0.3) is 0 Å². The lowest BCUT2D eigenvalue weighted by Crippen LogP contribution is -2.10. The zero-order chi connectivity index (χ0) is 11.1. The molecule has 0 atom stereocenters. The highest BCUT2D eigenvalue weighted by Crippen LogP contribution is 2.00. The number of aryl methyl sites for hydroxylation is 1. The molecule has 0 aromatic carbocycles. The van der Waals surface area contributed by atoms with Crippen LogP contribution < -0.4 is 0 Å². The third kappa shape index (κ3) is 3.79. The summed E-state index contributed by atoms with van der Waals surface area (Å²) in [7, 11) is 1.64. The highest BCUT2D eigenvalue weighted by atomic mass is 16.5. The molecule has 5 nitrogen and oxygen atoms in total. The van der Waals surface area contributed by atoms with Gasteiger partial charge in [-0.05, 0) is 13.3 Å². The smallest absolute Gasteiger partial charge is 0.140 e. The number of aromatic nitrogens is 3. The Morgan fingerprint density at radius 3 is 3.07 bits per heavy atom. The Morgan fingerprint density at radius 1 is 1.60 bits per heavy atom. The summed E-state index contributed by atoms with van der Waals surface area (Å²) in [4.78, 5) is 15.6. The van der Waals surface area contributed by atoms with Crippen molar-refractivity contribution in [3.63, 3.8) is 0 Å². The first-order valence-electron chi connectivity index (χ1n) is 5.15. The standard InChI is InChI=1S/C10H17N3O2/c1-3-13-10(11-8-12-13)7-9(14)5-4-6-15-2/h8H,3-7H2,1-2H3. The van der Waals surface area contributed by atoms with Crippen LogP contribution in [0.5, 0.6) is 0 Å². The number of hydrogen-bond donors (Lipinski definition) is 0. The molecule has 1 aromatic rings. The SMILES string of the molecule is CCn1ncnc1CC(=O)CCCOC. The van der Waals surface area contributed by atoms with Crippen LogP contribution in [0.1, 0.15) is 25.6 Å². The maximum absolute atomic E-state index is 11.5. The Hall–Kier alpha value is -1.23. The lowest BCUT2D eigenvalue weighted by molar-refractivity contribution is -0.118. The summed E-state index contributed by atoms with van der Waals surface area (Å²) in [5, 5.41) is 4.01. The first kappa shape index (κ1) is 11.8. The molecule has 0 radical (unpaired) electrons. The van der Waals surface area contributed by atoms with Crippen LogP contribution in [-0.2, 0) is 22.5 Å². The maximum atomic E-state index is 11.5. The molecule has 1 rings (SSSR count). The second-order valence-electron chi connectivity index (χ2n) is 3.30. The van der Waals surface area contributed by atoms with Crippen molar-refractivity contribution < 1.29 is 9.53 Å². The Labute approximate surface area is 89.5 Å². The molecule has 0 unspecified atom stereocenters. The number of nitrogens with zero attached hydrogens (tertiary/aromatic N) is 3. The lowest BCUT2D eigenvalue weighted by atomic mass is 10.1. The van der Waals surface area contributed by atoms with Gasteiger partial charge in [0.05, 0.1) is 6.42 Å². The van der Waals surface area contributed by atoms with Crippen LogP contribution in [0.3, 0.4) is 0 Å². The summed E-state index contributed by atoms with van der Waals surface area (Å²) in [6, 6.07) is 0. The molecule has 0 aliphatic carbocycles. The number of ketones is 1. The summed E-state index contributed by atoms with van der Waals surface area (Å²) in [5.74, 6) is 0.940. The Morgan fingerprint density at radius 2 is 2.40 bits per heavy atom. The number of ether oxygens (including phenoxy) is 1. The minimum atomic E-state index is 0.190. The number of carbonyl (C=O) groups excluding carboxylic acids is 1. The Kier molecular flexibility index (Phi) is 4.97. The molecule has 0 saturated heterocycles. The van der Waals surface area contributed by atoms with E-state index >= 15 is 0 Å². The molecule has 0 aliphatic rings. The molecule has 0 fully saturated rings. The lowest BCUT2D eigenvalue weighted by Gasteiger charge is -2.02. The van der Waals surface area contributed by atoms with Crippen molar-refractivity contribution in [1.29, 1.82) is 0 Å². The topological polar surface area (TPSA) is 57.0 Å². The van der Waals surface area contributed by atoms with E-state index in [4.69, 9.17) is 4.74 Å². The molecular formula is C10H17N3O2. The van der Waals surface area contributed by atoms with E-state index in [1.165, 1.54) is 6.33 Å². The van der Waals surface area contributed by atoms with Gasteiger partial charge >= 0.3 is 0 Å². The fraction of sp³-hybridized carbons (Fsp3) is 0.700. The molecule has 0 N–H and O–H groups in total. The van der Waals surface area contributed by atoms with E-state index in [1.54, 1.807) is 11.8 Å². The number of Topliss-reactive ketones (excluding diaryl/α,β-unsaturated/α-hetero) is 1. The van der Waals surface area contributed by atoms with E-state index in [2.05, 4.69) is 10.1 Å². The van der Waals surface area contributed by atoms with E-state index in [1.807, 2.05) is 6.92 Å². The number of methoxy groups -OCH3 is 1. The van der Waals surface area contributed by atoms with Crippen molar-refractivity contribution >= 4 is 5.78 Å². The van der Waals surface area contributed by atoms with Crippen molar-refractivity contribution in [1.82, 2.24) is 14.8 Å². The summed E-state index contributed by atoms with van der Waals surface area (Å²) < 4.78 is 6.63. The minimum Gasteiger partial charge on any atom is -0.385 e. The number of carbonyl (C=O) groups is 1. The monoisotopic (exact) mass is 211 g/mol. The summed E-state index contributed by atoms with van der Waals surface area (Å²) in [5.41, 5.74) is 0. The van der Waals surface area contributed by atoms with Gasteiger partial charge in [-0.25, -0.2) is 9.67 Å². The molecule has 0 amide bonds. The predicted molar refractivity (Wildman–Crippen MR) is 55.5 cm³/mol. The zero-order valence-corrected chi connectivity index (χ0v) is 9.27. The second-order valence-corrected chi connectivity index (χ2v) is 3.30. The van der Waals surface area contributed by atoms with Crippen LogP contribution in [0.2, 0.25) is 0 Å². The molecule has 1 aromatic heterocycles. The average molecular weight is 211 g/mol. The third-order valence-corrected chi connectivity index (χ3v) is 2.15. The van der Waals surface area contributed by atoms with E-state index in [-0.39, 0.29) is 5.78 Å². The summed E-state index contributed by atoms with van der Waals surface area (Å²) in [6.07, 6.45) is 3.18. The first-order chi connectivity index (χ1) is 7.27. The highest BCUT2D eigenvalue weighted by Gasteiger charge is 2.08. The van der Waals surface area contributed by atoms with Gasteiger partial charge in [-0.3, -0.25) is 4.79 Å². The fourth-order valence-corrected chi connectivity index (χ4v) is 1.37. The minimum absolute atomic E-state index is 0.190. The van der Waals surface area contributed by atoms with Crippen LogP contribution in [0.4, 0.5) is 0 Å². The second kappa shape index (κ2) is 6.29. The number of hydrogen-bond acceptors (Lipinski definition) is 4. The van der Waals surface area contributed by atoms with Gasteiger partial charge in [-0.15, -0.1) is 0 Å². The molecule has 1 heterocycles. The molecule has 84 valence electrons.